The molecule has 2 atom stereocenters. The molecule has 0 unspecified atom stereocenters. The molecule has 1 aliphatic carbocycles. The molecule has 2 aromatic rings. The first kappa shape index (κ1) is 32.4. The topological polar surface area (TPSA) is 88.8 Å². The van der Waals surface area contributed by atoms with Crippen molar-refractivity contribution in [2.45, 2.75) is 57.4 Å². The lowest BCUT2D eigenvalue weighted by Crippen LogP contribution is -2.56. The summed E-state index contributed by atoms with van der Waals surface area (Å²) in [6, 6.07) is 4.29. The highest BCUT2D eigenvalue weighted by molar-refractivity contribution is 5.91. The van der Waals surface area contributed by atoms with E-state index in [0.29, 0.717) is 23.7 Å². The molecule has 2 fully saturated rings. The molecule has 45 heavy (non-hydrogen) atoms. The Morgan fingerprint density at radius 2 is 1.98 bits per heavy atom. The van der Waals surface area contributed by atoms with Crippen LogP contribution in [0.5, 0.6) is 6.01 Å². The Kier molecular flexibility index (Phi) is 8.95. The Morgan fingerprint density at radius 3 is 2.60 bits per heavy atom. The predicted molar refractivity (Wildman–Crippen MR) is 157 cm³/mol. The van der Waals surface area contributed by atoms with E-state index in [1.807, 2.05) is 19.0 Å². The Morgan fingerprint density at radius 1 is 1.24 bits per heavy atom. The number of aromatic nitrogens is 2. The number of rotatable bonds is 9. The largest absolute Gasteiger partial charge is 0.463 e. The number of benzene rings is 1. The van der Waals surface area contributed by atoms with Crippen LogP contribution in [0.2, 0.25) is 0 Å². The monoisotopic (exact) mass is 633 g/mol. The van der Waals surface area contributed by atoms with Gasteiger partial charge in [0, 0.05) is 43.2 Å². The molecule has 1 aromatic carbocycles. The fourth-order valence-electron chi connectivity index (χ4n) is 6.40. The summed E-state index contributed by atoms with van der Waals surface area (Å²) in [7, 11) is 3.95. The molecule has 14 heteroatoms. The van der Waals surface area contributed by atoms with Crippen molar-refractivity contribution in [3.63, 3.8) is 0 Å². The minimum Gasteiger partial charge on any atom is -0.463 e. The fourth-order valence-corrected chi connectivity index (χ4v) is 6.40. The Hall–Kier alpha value is -3.99. The van der Waals surface area contributed by atoms with Crippen LogP contribution in [0.3, 0.4) is 0 Å². The Labute approximate surface area is 258 Å². The van der Waals surface area contributed by atoms with Crippen molar-refractivity contribution >= 4 is 17.4 Å². The number of hydrogen-bond acceptors (Lipinski definition) is 8. The molecular formula is C31H36F5N7O2. The number of piperazine rings is 1. The van der Waals surface area contributed by atoms with Crippen molar-refractivity contribution in [3.05, 3.63) is 53.2 Å². The normalized spacial score (nSPS) is 20.9. The maximum absolute atomic E-state index is 14.6. The third kappa shape index (κ3) is 6.83. The summed E-state index contributed by atoms with van der Waals surface area (Å²) in [4.78, 5) is 28.6. The third-order valence-electron chi connectivity index (χ3n) is 8.70. The van der Waals surface area contributed by atoms with Crippen LogP contribution in [0, 0.1) is 22.6 Å². The van der Waals surface area contributed by atoms with Crippen molar-refractivity contribution < 1.29 is 31.5 Å². The molecule has 1 aromatic heterocycles. The zero-order valence-electron chi connectivity index (χ0n) is 25.5. The third-order valence-corrected chi connectivity index (χ3v) is 8.70. The molecule has 1 saturated heterocycles. The van der Waals surface area contributed by atoms with Gasteiger partial charge in [0.1, 0.15) is 17.2 Å². The van der Waals surface area contributed by atoms with Gasteiger partial charge in [-0.1, -0.05) is 12.6 Å². The molecule has 0 spiro atoms. The molecule has 2 aliphatic heterocycles. The second-order valence-electron chi connectivity index (χ2n) is 12.5. The Balaban J connectivity index is 1.52. The standard InChI is InChI=1S/C31H36F5N7O2/c1-19-14-22-24(16-43(19)25-7-5-6-23(33)26(25)31(34,35)36)38-29(45-18-30(9-10-30)17-40(3)4)39-27(22)41-12-13-42(28(44)20(2)32)21(15-41)8-11-37/h5-7,19,21H,2,8-10,12-18H2,1,3-4H3/t19-,21-/m0/s1. The van der Waals surface area contributed by atoms with E-state index in [4.69, 9.17) is 9.72 Å². The van der Waals surface area contributed by atoms with Crippen molar-refractivity contribution in [3.8, 4) is 12.1 Å². The van der Waals surface area contributed by atoms with Crippen LogP contribution >= 0.6 is 0 Å². The van der Waals surface area contributed by atoms with E-state index >= 15 is 0 Å². The number of carbonyl (C=O) groups is 1. The summed E-state index contributed by atoms with van der Waals surface area (Å²) in [5, 5.41) is 9.45. The van der Waals surface area contributed by atoms with Crippen molar-refractivity contribution in [1.82, 2.24) is 19.8 Å². The van der Waals surface area contributed by atoms with E-state index in [9.17, 15) is 32.0 Å². The van der Waals surface area contributed by atoms with Crippen LogP contribution in [-0.4, -0.2) is 84.6 Å². The lowest BCUT2D eigenvalue weighted by molar-refractivity contribution is -0.139. The molecule has 0 bridgehead atoms. The fraction of sp³-hybridized carbons (Fsp3) is 0.548. The number of fused-ring (bicyclic) bond motifs is 1. The van der Waals surface area contributed by atoms with Gasteiger partial charge >= 0.3 is 12.2 Å². The van der Waals surface area contributed by atoms with Gasteiger partial charge in [-0.05, 0) is 52.4 Å². The molecule has 1 saturated carbocycles. The second kappa shape index (κ2) is 12.4. The van der Waals surface area contributed by atoms with Crippen molar-refractivity contribution in [2.24, 2.45) is 5.41 Å². The van der Waals surface area contributed by atoms with Gasteiger partial charge in [-0.3, -0.25) is 4.79 Å². The van der Waals surface area contributed by atoms with E-state index in [1.54, 1.807) is 6.92 Å². The maximum Gasteiger partial charge on any atom is 0.421 e. The quantitative estimate of drug-likeness (QED) is 0.290. The number of carbonyl (C=O) groups excluding carboxylic acids is 1. The number of anilines is 2. The highest BCUT2D eigenvalue weighted by Gasteiger charge is 2.45. The Bertz CT molecular complexity index is 1500. The van der Waals surface area contributed by atoms with E-state index in [2.05, 4.69) is 22.5 Å². The molecule has 9 nitrogen and oxygen atoms in total. The number of alkyl halides is 3. The minimum atomic E-state index is -4.91. The molecule has 5 rings (SSSR count). The number of nitrogens with zero attached hydrogens (tertiary/aromatic N) is 7. The molecule has 3 aliphatic rings. The number of ether oxygens (including phenoxy) is 1. The summed E-state index contributed by atoms with van der Waals surface area (Å²) in [6.07, 6.45) is -2.77. The highest BCUT2D eigenvalue weighted by Crippen LogP contribution is 2.46. The number of hydrogen-bond donors (Lipinski definition) is 0. The van der Waals surface area contributed by atoms with Gasteiger partial charge in [-0.15, -0.1) is 0 Å². The van der Waals surface area contributed by atoms with Crippen molar-refractivity contribution in [1.29, 1.82) is 5.26 Å². The van der Waals surface area contributed by atoms with E-state index in [-0.39, 0.29) is 56.1 Å². The number of halogens is 5. The van der Waals surface area contributed by atoms with Gasteiger partial charge in [0.25, 0.3) is 5.91 Å². The van der Waals surface area contributed by atoms with Crippen LogP contribution in [0.4, 0.5) is 33.5 Å². The summed E-state index contributed by atoms with van der Waals surface area (Å²) in [5.41, 5.74) is -0.532. The van der Waals surface area contributed by atoms with Gasteiger partial charge in [-0.2, -0.15) is 28.4 Å². The summed E-state index contributed by atoms with van der Waals surface area (Å²) < 4.78 is 76.5. The average molecular weight is 634 g/mol. The molecule has 242 valence electrons. The lowest BCUT2D eigenvalue weighted by Gasteiger charge is -2.43. The predicted octanol–water partition coefficient (Wildman–Crippen LogP) is 4.72. The van der Waals surface area contributed by atoms with Crippen molar-refractivity contribution in [2.75, 3.05) is 56.7 Å². The molecule has 0 radical (unpaired) electrons. The van der Waals surface area contributed by atoms with Crippen LogP contribution < -0.4 is 14.5 Å². The van der Waals surface area contributed by atoms with E-state index < -0.39 is 41.4 Å². The first-order valence-electron chi connectivity index (χ1n) is 14.8. The van der Waals surface area contributed by atoms with Crippen LogP contribution in [0.1, 0.15) is 43.0 Å². The average Bonchev–Trinajstić information content (AvgIpc) is 3.73. The first-order chi connectivity index (χ1) is 21.2. The number of amides is 1. The number of nitriles is 1. The zero-order valence-corrected chi connectivity index (χ0v) is 25.5. The van der Waals surface area contributed by atoms with E-state index in [1.165, 1.54) is 21.9 Å². The minimum absolute atomic E-state index is 0.0503. The molecule has 1 amide bonds. The van der Waals surface area contributed by atoms with Gasteiger partial charge in [0.05, 0.1) is 43.1 Å². The van der Waals surface area contributed by atoms with Crippen LogP contribution in [-0.2, 0) is 23.9 Å². The van der Waals surface area contributed by atoms with Gasteiger partial charge < -0.3 is 24.3 Å². The van der Waals surface area contributed by atoms with Gasteiger partial charge in [0.2, 0.25) is 0 Å². The molecule has 0 N–H and O–H groups in total. The molecule has 3 heterocycles. The molecular weight excluding hydrogens is 597 g/mol. The van der Waals surface area contributed by atoms with Crippen LogP contribution in [0.25, 0.3) is 0 Å². The second-order valence-corrected chi connectivity index (χ2v) is 12.5. The highest BCUT2D eigenvalue weighted by atomic mass is 19.4. The smallest absolute Gasteiger partial charge is 0.421 e. The van der Waals surface area contributed by atoms with Crippen LogP contribution in [0.15, 0.2) is 30.6 Å². The van der Waals surface area contributed by atoms with Gasteiger partial charge in [0.15, 0.2) is 5.83 Å². The summed E-state index contributed by atoms with van der Waals surface area (Å²) in [5.74, 6) is -2.85. The first-order valence-corrected chi connectivity index (χ1v) is 14.8. The SMILES string of the molecule is C=C(F)C(=O)N1CCN(c2nc(OCC3(CN(C)C)CC3)nc3c2C[C@H](C)N(c2cccc(F)c2C(F)(F)F)C3)C[C@@H]1CC#N. The maximum atomic E-state index is 14.6. The summed E-state index contributed by atoms with van der Waals surface area (Å²) in [6.45, 7) is 6.49. The van der Waals surface area contributed by atoms with Gasteiger partial charge in [-0.25, -0.2) is 8.78 Å². The zero-order chi connectivity index (χ0) is 32.7. The summed E-state index contributed by atoms with van der Waals surface area (Å²) >= 11 is 0. The lowest BCUT2D eigenvalue weighted by atomic mass is 9.96. The van der Waals surface area contributed by atoms with E-state index in [0.717, 1.165) is 25.5 Å².